The average molecular weight is 431 g/mol. The van der Waals surface area contributed by atoms with Crippen molar-refractivity contribution in [3.8, 4) is 5.75 Å². The maximum Gasteiger partial charge on any atom is 0.238 e. The van der Waals surface area contributed by atoms with Crippen molar-refractivity contribution in [3.05, 3.63) is 53.6 Å². The second kappa shape index (κ2) is 10.3. The molecule has 160 valence electrons. The molecule has 8 heteroatoms. The van der Waals surface area contributed by atoms with Gasteiger partial charge in [0.2, 0.25) is 11.8 Å². The third-order valence-corrected chi connectivity index (χ3v) is 5.24. The summed E-state index contributed by atoms with van der Waals surface area (Å²) in [4.78, 5) is 30.8. The Morgan fingerprint density at radius 3 is 2.43 bits per heavy atom. The summed E-state index contributed by atoms with van der Waals surface area (Å²) in [6, 6.07) is 15.2. The molecular weight excluding hydrogens is 404 g/mol. The smallest absolute Gasteiger partial charge is 0.238 e. The Morgan fingerprint density at radius 1 is 1.07 bits per heavy atom. The third kappa shape index (κ3) is 5.87. The van der Waals surface area contributed by atoms with Crippen LogP contribution in [-0.4, -0.2) is 75.0 Å². The first-order valence-electron chi connectivity index (χ1n) is 9.86. The predicted molar refractivity (Wildman–Crippen MR) is 119 cm³/mol. The molecule has 0 spiro atoms. The average Bonchev–Trinajstić information content (AvgIpc) is 2.74. The summed E-state index contributed by atoms with van der Waals surface area (Å²) < 4.78 is 5.24. The van der Waals surface area contributed by atoms with Gasteiger partial charge in [0.05, 0.1) is 25.9 Å². The molecule has 0 bridgehead atoms. The van der Waals surface area contributed by atoms with Crippen LogP contribution in [0.3, 0.4) is 0 Å². The van der Waals surface area contributed by atoms with Gasteiger partial charge in [-0.3, -0.25) is 14.5 Å². The molecule has 1 fully saturated rings. The fourth-order valence-electron chi connectivity index (χ4n) is 3.45. The zero-order valence-corrected chi connectivity index (χ0v) is 18.1. The lowest BCUT2D eigenvalue weighted by Gasteiger charge is -2.36. The van der Waals surface area contributed by atoms with Gasteiger partial charge in [-0.1, -0.05) is 29.8 Å². The molecule has 0 unspecified atom stereocenters. The lowest BCUT2D eigenvalue weighted by atomic mass is 10.2. The van der Waals surface area contributed by atoms with E-state index in [1.807, 2.05) is 23.1 Å². The minimum absolute atomic E-state index is 0.0262. The molecule has 0 aliphatic carbocycles. The van der Waals surface area contributed by atoms with Gasteiger partial charge in [0.25, 0.3) is 0 Å². The molecule has 2 aromatic rings. The van der Waals surface area contributed by atoms with E-state index in [1.165, 1.54) is 12.8 Å². The lowest BCUT2D eigenvalue weighted by molar-refractivity contribution is -0.132. The first-order valence-corrected chi connectivity index (χ1v) is 10.2. The largest absolute Gasteiger partial charge is 0.495 e. The van der Waals surface area contributed by atoms with Crippen LogP contribution in [0.2, 0.25) is 5.02 Å². The number of piperazine rings is 1. The van der Waals surface area contributed by atoms with Gasteiger partial charge in [0, 0.05) is 36.9 Å². The van der Waals surface area contributed by atoms with Crippen LogP contribution in [0.5, 0.6) is 5.75 Å². The number of carbonyl (C=O) groups excluding carboxylic acids is 2. The minimum Gasteiger partial charge on any atom is -0.495 e. The summed E-state index contributed by atoms with van der Waals surface area (Å²) >= 11 is 6.00. The van der Waals surface area contributed by atoms with E-state index in [0.717, 1.165) is 13.1 Å². The lowest BCUT2D eigenvalue weighted by Crippen LogP contribution is -2.51. The first-order chi connectivity index (χ1) is 14.5. The number of carbonyl (C=O) groups is 2. The summed E-state index contributed by atoms with van der Waals surface area (Å²) in [6.45, 7) is 3.22. The molecule has 30 heavy (non-hydrogen) atoms. The van der Waals surface area contributed by atoms with E-state index in [-0.39, 0.29) is 24.9 Å². The number of ether oxygens (including phenoxy) is 1. The molecule has 1 saturated heterocycles. The molecule has 1 aliphatic heterocycles. The van der Waals surface area contributed by atoms with E-state index in [9.17, 15) is 9.59 Å². The number of rotatable bonds is 7. The van der Waals surface area contributed by atoms with E-state index in [1.54, 1.807) is 30.1 Å². The van der Waals surface area contributed by atoms with E-state index in [2.05, 4.69) is 22.3 Å². The Morgan fingerprint density at radius 2 is 1.77 bits per heavy atom. The van der Waals surface area contributed by atoms with Crippen LogP contribution in [0.1, 0.15) is 0 Å². The molecular formula is C22H27ClN4O3. The van der Waals surface area contributed by atoms with Crippen molar-refractivity contribution in [1.82, 2.24) is 9.80 Å². The molecule has 0 saturated carbocycles. The number of anilines is 2. The molecule has 3 rings (SSSR count). The monoisotopic (exact) mass is 430 g/mol. The minimum atomic E-state index is -0.236. The van der Waals surface area contributed by atoms with Crippen molar-refractivity contribution >= 4 is 34.8 Å². The Hall–Kier alpha value is -2.77. The molecule has 0 atom stereocenters. The summed E-state index contributed by atoms with van der Waals surface area (Å²) in [5.74, 6) is 0.320. The fourth-order valence-corrected chi connectivity index (χ4v) is 3.62. The van der Waals surface area contributed by atoms with Gasteiger partial charge in [0.15, 0.2) is 0 Å². The van der Waals surface area contributed by atoms with E-state index in [0.29, 0.717) is 29.5 Å². The topological polar surface area (TPSA) is 65.1 Å². The predicted octanol–water partition coefficient (Wildman–Crippen LogP) is 2.57. The molecule has 0 radical (unpaired) electrons. The van der Waals surface area contributed by atoms with Crippen molar-refractivity contribution in [1.29, 1.82) is 0 Å². The zero-order chi connectivity index (χ0) is 21.5. The Bertz CT molecular complexity index is 870. The summed E-state index contributed by atoms with van der Waals surface area (Å²) in [5, 5.41) is 3.29. The number of nitrogens with zero attached hydrogens (tertiary/aromatic N) is 3. The number of nitrogens with one attached hydrogen (secondary N) is 1. The van der Waals surface area contributed by atoms with Crippen LogP contribution in [0.25, 0.3) is 0 Å². The quantitative estimate of drug-likeness (QED) is 0.731. The second-order valence-corrected chi connectivity index (χ2v) is 7.70. The van der Waals surface area contributed by atoms with E-state index >= 15 is 0 Å². The fraction of sp³-hybridized carbons (Fsp3) is 0.364. The molecule has 1 N–H and O–H groups in total. The Labute approximate surface area is 182 Å². The van der Waals surface area contributed by atoms with Crippen LogP contribution in [0.4, 0.5) is 11.4 Å². The number of methoxy groups -OCH3 is 1. The number of benzene rings is 2. The van der Waals surface area contributed by atoms with Crippen LogP contribution >= 0.6 is 11.6 Å². The maximum atomic E-state index is 12.6. The van der Waals surface area contributed by atoms with Gasteiger partial charge in [-0.2, -0.15) is 0 Å². The molecule has 2 aromatic carbocycles. The first kappa shape index (κ1) is 21.9. The Kier molecular flexibility index (Phi) is 7.54. The van der Waals surface area contributed by atoms with Gasteiger partial charge in [0.1, 0.15) is 5.75 Å². The van der Waals surface area contributed by atoms with Gasteiger partial charge < -0.3 is 19.9 Å². The number of likely N-dealkylation sites (N-methyl/N-ethyl adjacent to an activating group) is 1. The van der Waals surface area contributed by atoms with Gasteiger partial charge in [-0.05, 0) is 37.4 Å². The molecule has 2 amide bonds. The molecule has 0 aromatic heterocycles. The van der Waals surface area contributed by atoms with Crippen LogP contribution in [0.15, 0.2) is 48.5 Å². The number of para-hydroxylation sites is 1. The summed E-state index contributed by atoms with van der Waals surface area (Å²) in [6.07, 6.45) is 0. The van der Waals surface area contributed by atoms with E-state index in [4.69, 9.17) is 16.3 Å². The SMILES string of the molecule is COc1ccc(Cl)cc1NC(=O)CN(C)CC(=O)N1CCN(c2ccccc2)CC1. The highest BCUT2D eigenvalue weighted by atomic mass is 35.5. The normalized spacial score (nSPS) is 14.0. The van der Waals surface area contributed by atoms with Crippen LogP contribution in [0, 0.1) is 0 Å². The molecule has 1 heterocycles. The highest BCUT2D eigenvalue weighted by molar-refractivity contribution is 6.31. The zero-order valence-electron chi connectivity index (χ0n) is 17.3. The van der Waals surface area contributed by atoms with Crippen molar-refractivity contribution < 1.29 is 14.3 Å². The van der Waals surface area contributed by atoms with Gasteiger partial charge >= 0.3 is 0 Å². The van der Waals surface area contributed by atoms with E-state index < -0.39 is 0 Å². The third-order valence-electron chi connectivity index (χ3n) is 5.01. The number of hydrogen-bond donors (Lipinski definition) is 1. The van der Waals surface area contributed by atoms with Crippen molar-refractivity contribution in [2.45, 2.75) is 0 Å². The van der Waals surface area contributed by atoms with Crippen LogP contribution < -0.4 is 15.0 Å². The highest BCUT2D eigenvalue weighted by Gasteiger charge is 2.22. The van der Waals surface area contributed by atoms with Crippen molar-refractivity contribution in [2.75, 3.05) is 63.6 Å². The standard InChI is InChI=1S/C22H27ClN4O3/c1-25(15-21(28)24-19-14-17(23)8-9-20(19)30-2)16-22(29)27-12-10-26(11-13-27)18-6-4-3-5-7-18/h3-9,14H,10-13,15-16H2,1-2H3,(H,24,28). The number of halogens is 1. The van der Waals surface area contributed by atoms with Gasteiger partial charge in [-0.15, -0.1) is 0 Å². The van der Waals surface area contributed by atoms with Crippen molar-refractivity contribution in [2.24, 2.45) is 0 Å². The Balaban J connectivity index is 1.46. The summed E-state index contributed by atoms with van der Waals surface area (Å²) in [7, 11) is 3.29. The van der Waals surface area contributed by atoms with Gasteiger partial charge in [-0.25, -0.2) is 0 Å². The second-order valence-electron chi connectivity index (χ2n) is 7.27. The van der Waals surface area contributed by atoms with Crippen LogP contribution in [-0.2, 0) is 9.59 Å². The highest BCUT2D eigenvalue weighted by Crippen LogP contribution is 2.27. The molecule has 7 nitrogen and oxygen atoms in total. The summed E-state index contributed by atoms with van der Waals surface area (Å²) in [5.41, 5.74) is 1.68. The number of hydrogen-bond acceptors (Lipinski definition) is 5. The molecule has 1 aliphatic rings. The van der Waals surface area contributed by atoms with Crippen molar-refractivity contribution in [3.63, 3.8) is 0 Å². The number of amides is 2. The maximum absolute atomic E-state index is 12.6.